The molecule has 0 bridgehead atoms. The van der Waals surface area contributed by atoms with E-state index >= 15 is 0 Å². The Balaban J connectivity index is 3.02. The van der Waals surface area contributed by atoms with E-state index in [1.54, 1.807) is 13.3 Å². The summed E-state index contributed by atoms with van der Waals surface area (Å²) in [5.74, 6) is 3.55. The monoisotopic (exact) mass is 535 g/mol. The van der Waals surface area contributed by atoms with Gasteiger partial charge < -0.3 is 0 Å². The van der Waals surface area contributed by atoms with E-state index in [0.29, 0.717) is 0 Å². The molecule has 0 aliphatic heterocycles. The Labute approximate surface area is 194 Å². The van der Waals surface area contributed by atoms with E-state index < -0.39 is 26.5 Å². The third kappa shape index (κ3) is 12.6. The molecule has 0 N–H and O–H groups in total. The minimum absolute atomic E-state index is 1.04. The molecule has 0 aliphatic rings. The first kappa shape index (κ1) is 27.8. The molecular weight excluding hydrogens is 485 g/mol. The van der Waals surface area contributed by atoms with Crippen LogP contribution in [0.1, 0.15) is 71.3 Å². The average Bonchev–Trinajstić information content (AvgIpc) is 2.72. The van der Waals surface area contributed by atoms with Crippen molar-refractivity contribution in [1.82, 2.24) is 4.90 Å². The molecule has 1 aromatic rings. The average molecular weight is 534 g/mol. The topological polar surface area (TPSA) is 3.24 Å². The van der Waals surface area contributed by atoms with Gasteiger partial charge in [0.05, 0.1) is 0 Å². The van der Waals surface area contributed by atoms with E-state index in [2.05, 4.69) is 87.1 Å². The fourth-order valence-electron chi connectivity index (χ4n) is 4.34. The summed E-state index contributed by atoms with van der Waals surface area (Å²) in [6.07, 6.45) is 9.48. The van der Waals surface area contributed by atoms with E-state index in [1.807, 2.05) is 0 Å². The van der Waals surface area contributed by atoms with E-state index in [0.717, 1.165) is 19.5 Å². The Morgan fingerprint density at radius 2 is 1.37 bits per heavy atom. The van der Waals surface area contributed by atoms with Gasteiger partial charge in [0.1, 0.15) is 0 Å². The standard InChI is InChI=1S/C15H22NSi.3C4H9.Sn/c1-16(12-8-9-13-17(2,3)4)14-15-10-6-5-7-11-15;3*1-3-4-2;/h5-7,10-11H,1,8,12,14H2,2-4H3;3*1,3-4H2,2H3;. The van der Waals surface area contributed by atoms with Crippen LogP contribution in [0.2, 0.25) is 33.0 Å². The first-order valence-electron chi connectivity index (χ1n) is 12.6. The normalized spacial score (nSPS) is 12.1. The Hall–Kier alpha value is -0.244. The van der Waals surface area contributed by atoms with Gasteiger partial charge in [-0.25, -0.2) is 0 Å². The van der Waals surface area contributed by atoms with Gasteiger partial charge in [-0.15, -0.1) is 0 Å². The van der Waals surface area contributed by atoms with Gasteiger partial charge in [-0.3, -0.25) is 0 Å². The van der Waals surface area contributed by atoms with Crippen LogP contribution in [0, 0.1) is 11.5 Å². The summed E-state index contributed by atoms with van der Waals surface area (Å²) in [6.45, 7) is 16.4. The van der Waals surface area contributed by atoms with Crippen LogP contribution in [-0.2, 0) is 6.54 Å². The van der Waals surface area contributed by atoms with Crippen molar-refractivity contribution in [3.8, 4) is 11.5 Å². The Morgan fingerprint density at radius 1 is 0.833 bits per heavy atom. The zero-order valence-electron chi connectivity index (χ0n) is 21.0. The molecule has 0 fully saturated rings. The van der Waals surface area contributed by atoms with Gasteiger partial charge >= 0.3 is 195 Å². The number of hydrogen-bond donors (Lipinski definition) is 0. The molecule has 0 saturated heterocycles. The first-order valence-corrected chi connectivity index (χ1v) is 24.2. The zero-order valence-corrected chi connectivity index (χ0v) is 24.9. The fraction of sp³-hybridized carbons (Fsp3) is 0.704. The number of benzene rings is 1. The number of unbranched alkanes of at least 4 members (excludes halogenated alkanes) is 3. The third-order valence-electron chi connectivity index (χ3n) is 6.01. The molecule has 170 valence electrons. The summed E-state index contributed by atoms with van der Waals surface area (Å²) in [7, 11) is -1.27. The summed E-state index contributed by atoms with van der Waals surface area (Å²) >= 11 is -2.19. The van der Waals surface area contributed by atoms with Crippen LogP contribution in [0.4, 0.5) is 0 Å². The molecule has 0 aromatic heterocycles. The molecule has 0 amide bonds. The molecule has 0 radical (unpaired) electrons. The summed E-state index contributed by atoms with van der Waals surface area (Å²) in [4.78, 5) is 2.82. The van der Waals surface area contributed by atoms with Crippen LogP contribution < -0.4 is 0 Å². The molecule has 30 heavy (non-hydrogen) atoms. The van der Waals surface area contributed by atoms with Crippen molar-refractivity contribution in [2.75, 3.05) is 11.1 Å². The molecule has 0 unspecified atom stereocenters. The Morgan fingerprint density at radius 3 is 1.83 bits per heavy atom. The summed E-state index contributed by atoms with van der Waals surface area (Å²) in [5, 5.41) is 0. The molecule has 1 nitrogen and oxygen atoms in total. The molecule has 0 atom stereocenters. The molecule has 1 aromatic carbocycles. The Bertz CT molecular complexity index is 589. The van der Waals surface area contributed by atoms with Crippen molar-refractivity contribution in [1.29, 1.82) is 0 Å². The van der Waals surface area contributed by atoms with Crippen LogP contribution in [-0.4, -0.2) is 42.5 Å². The van der Waals surface area contributed by atoms with Gasteiger partial charge in [-0.2, -0.15) is 0 Å². The van der Waals surface area contributed by atoms with Gasteiger partial charge in [-0.1, -0.05) is 0 Å². The van der Waals surface area contributed by atoms with Crippen molar-refractivity contribution in [3.63, 3.8) is 0 Å². The maximum atomic E-state index is 3.59. The molecule has 0 spiro atoms. The molecule has 3 heteroatoms. The SMILES string of the molecule is CCC[CH2][Sn]([CH2]CCC)([CH2]CCC)[CH2]N(CCC#C[Si](C)(C)C)Cc1ccccc1. The second-order valence-electron chi connectivity index (χ2n) is 10.3. The summed E-state index contributed by atoms with van der Waals surface area (Å²) < 4.78 is 6.23. The van der Waals surface area contributed by atoms with Crippen LogP contribution >= 0.6 is 0 Å². The van der Waals surface area contributed by atoms with E-state index in [4.69, 9.17) is 0 Å². The predicted molar refractivity (Wildman–Crippen MR) is 142 cm³/mol. The first-order chi connectivity index (χ1) is 14.3. The Kier molecular flexibility index (Phi) is 14.4. The second-order valence-corrected chi connectivity index (χ2v) is 28.8. The molecule has 1 rings (SSSR count). The van der Waals surface area contributed by atoms with Crippen molar-refractivity contribution >= 4 is 26.5 Å². The van der Waals surface area contributed by atoms with Crippen LogP contribution in [0.15, 0.2) is 30.3 Å². The quantitative estimate of drug-likeness (QED) is 0.162. The van der Waals surface area contributed by atoms with E-state index in [1.165, 1.54) is 48.6 Å². The van der Waals surface area contributed by atoms with Gasteiger partial charge in [0, 0.05) is 0 Å². The zero-order chi connectivity index (χ0) is 22.3. The van der Waals surface area contributed by atoms with Crippen LogP contribution in [0.25, 0.3) is 0 Å². The van der Waals surface area contributed by atoms with E-state index in [9.17, 15) is 0 Å². The molecule has 0 heterocycles. The van der Waals surface area contributed by atoms with Crippen molar-refractivity contribution < 1.29 is 0 Å². The molecule has 0 aliphatic carbocycles. The van der Waals surface area contributed by atoms with Crippen LogP contribution in [0.3, 0.4) is 0 Å². The van der Waals surface area contributed by atoms with E-state index in [-0.39, 0.29) is 0 Å². The van der Waals surface area contributed by atoms with Crippen molar-refractivity contribution in [2.45, 2.75) is 105 Å². The summed E-state index contributed by atoms with van der Waals surface area (Å²) in [5.41, 5.74) is 5.06. The molecular formula is C27H49NSiSn. The summed E-state index contributed by atoms with van der Waals surface area (Å²) in [6, 6.07) is 11.1. The van der Waals surface area contributed by atoms with Gasteiger partial charge in [0.2, 0.25) is 0 Å². The number of nitrogens with zero attached hydrogens (tertiary/aromatic N) is 1. The second kappa shape index (κ2) is 15.5. The predicted octanol–water partition coefficient (Wildman–Crippen LogP) is 8.15. The number of rotatable bonds is 15. The minimum atomic E-state index is -2.19. The fourth-order valence-corrected chi connectivity index (χ4v) is 21.4. The maximum absolute atomic E-state index is 3.59. The molecule has 0 saturated carbocycles. The van der Waals surface area contributed by atoms with Crippen molar-refractivity contribution in [3.05, 3.63) is 35.9 Å². The number of hydrogen-bond acceptors (Lipinski definition) is 1. The van der Waals surface area contributed by atoms with Gasteiger partial charge in [0.25, 0.3) is 0 Å². The van der Waals surface area contributed by atoms with Gasteiger partial charge in [0.15, 0.2) is 0 Å². The third-order valence-corrected chi connectivity index (χ3v) is 22.2. The van der Waals surface area contributed by atoms with Gasteiger partial charge in [-0.05, 0) is 0 Å². The van der Waals surface area contributed by atoms with Crippen LogP contribution in [0.5, 0.6) is 0 Å². The van der Waals surface area contributed by atoms with Crippen molar-refractivity contribution in [2.24, 2.45) is 0 Å².